The molecule has 0 saturated carbocycles. The number of amides is 3. The normalized spacial score (nSPS) is 14.0. The summed E-state index contributed by atoms with van der Waals surface area (Å²) in [7, 11) is 0. The Morgan fingerprint density at radius 2 is 2.33 bits per heavy atom. The number of nitrogens with one attached hydrogen (secondary N) is 2. The number of thioether (sulfide) groups is 1. The summed E-state index contributed by atoms with van der Waals surface area (Å²) in [5, 5.41) is 5.17. The molecule has 1 heterocycles. The van der Waals surface area contributed by atoms with Gasteiger partial charge in [-0.3, -0.25) is 4.79 Å². The number of carbonyl (C=O) groups is 2. The maximum Gasteiger partial charge on any atom is 0.316 e. The molecule has 0 spiro atoms. The molecular weight excluding hydrogens is 214 g/mol. The number of anilines is 2. The van der Waals surface area contributed by atoms with E-state index in [1.54, 1.807) is 12.1 Å². The molecule has 6 heteroatoms. The molecule has 1 aliphatic heterocycles. The highest BCUT2D eigenvalue weighted by atomic mass is 32.2. The number of hydrogen-bond acceptors (Lipinski definition) is 3. The topological polar surface area (TPSA) is 84.2 Å². The SMILES string of the molecule is NC(=O)Nc1ccc2c(c1)NC(=O)CS2. The monoisotopic (exact) mass is 223 g/mol. The van der Waals surface area contributed by atoms with Crippen LogP contribution in [0.25, 0.3) is 0 Å². The fraction of sp³-hybridized carbons (Fsp3) is 0.111. The second-order valence-corrected chi connectivity index (χ2v) is 4.05. The summed E-state index contributed by atoms with van der Waals surface area (Å²) < 4.78 is 0. The van der Waals surface area contributed by atoms with Crippen LogP contribution in [0.3, 0.4) is 0 Å². The van der Waals surface area contributed by atoms with E-state index in [-0.39, 0.29) is 5.91 Å². The molecule has 5 nitrogen and oxygen atoms in total. The summed E-state index contributed by atoms with van der Waals surface area (Å²) in [6.07, 6.45) is 0. The fourth-order valence-corrected chi connectivity index (χ4v) is 2.09. The Kier molecular flexibility index (Phi) is 2.51. The first-order valence-corrected chi connectivity index (χ1v) is 5.27. The van der Waals surface area contributed by atoms with Gasteiger partial charge in [0, 0.05) is 10.6 Å². The molecule has 15 heavy (non-hydrogen) atoms. The van der Waals surface area contributed by atoms with Gasteiger partial charge in [-0.25, -0.2) is 4.79 Å². The zero-order chi connectivity index (χ0) is 10.8. The second kappa shape index (κ2) is 3.82. The molecule has 1 aromatic rings. The van der Waals surface area contributed by atoms with Crippen LogP contribution < -0.4 is 16.4 Å². The van der Waals surface area contributed by atoms with Crippen molar-refractivity contribution in [2.75, 3.05) is 16.4 Å². The van der Waals surface area contributed by atoms with Gasteiger partial charge >= 0.3 is 6.03 Å². The van der Waals surface area contributed by atoms with Crippen LogP contribution in [0.4, 0.5) is 16.2 Å². The Bertz CT molecular complexity index is 433. The van der Waals surface area contributed by atoms with Gasteiger partial charge in [0.2, 0.25) is 5.91 Å². The number of rotatable bonds is 1. The summed E-state index contributed by atoms with van der Waals surface area (Å²) in [5.74, 6) is 0.388. The van der Waals surface area contributed by atoms with Crippen LogP contribution in [0.5, 0.6) is 0 Å². The first kappa shape index (κ1) is 9.85. The molecule has 2 rings (SSSR count). The minimum absolute atomic E-state index is 0.0382. The average Bonchev–Trinajstić information content (AvgIpc) is 2.16. The van der Waals surface area contributed by atoms with Gasteiger partial charge < -0.3 is 16.4 Å². The molecule has 0 fully saturated rings. The Morgan fingerprint density at radius 1 is 1.53 bits per heavy atom. The van der Waals surface area contributed by atoms with Crippen LogP contribution in [0.2, 0.25) is 0 Å². The van der Waals surface area contributed by atoms with Crippen LogP contribution in [0.15, 0.2) is 23.1 Å². The van der Waals surface area contributed by atoms with Crippen LogP contribution in [-0.4, -0.2) is 17.7 Å². The molecule has 0 atom stereocenters. The molecule has 0 saturated heterocycles. The Balaban J connectivity index is 2.28. The zero-order valence-corrected chi connectivity index (χ0v) is 8.56. The van der Waals surface area contributed by atoms with Crippen molar-refractivity contribution >= 4 is 35.1 Å². The number of fused-ring (bicyclic) bond motifs is 1. The van der Waals surface area contributed by atoms with E-state index in [2.05, 4.69) is 10.6 Å². The highest BCUT2D eigenvalue weighted by Gasteiger charge is 2.15. The average molecular weight is 223 g/mol. The third-order valence-corrected chi connectivity index (χ3v) is 2.95. The predicted molar refractivity (Wildman–Crippen MR) is 59.0 cm³/mol. The maximum atomic E-state index is 11.1. The van der Waals surface area contributed by atoms with Gasteiger partial charge in [0.15, 0.2) is 0 Å². The van der Waals surface area contributed by atoms with E-state index < -0.39 is 6.03 Å². The van der Waals surface area contributed by atoms with Crippen LogP contribution in [0, 0.1) is 0 Å². The standard InChI is InChI=1S/C9H9N3O2S/c10-9(14)11-5-1-2-7-6(3-5)12-8(13)4-15-7/h1-3H,4H2,(H,12,13)(H3,10,11,14). The number of nitrogens with two attached hydrogens (primary N) is 1. The van der Waals surface area contributed by atoms with Crippen LogP contribution >= 0.6 is 11.8 Å². The number of hydrogen-bond donors (Lipinski definition) is 3. The number of carbonyl (C=O) groups excluding carboxylic acids is 2. The van der Waals surface area contributed by atoms with Crippen molar-refractivity contribution < 1.29 is 9.59 Å². The molecule has 0 radical (unpaired) electrons. The summed E-state index contributed by atoms with van der Waals surface area (Å²) in [6, 6.07) is 4.65. The summed E-state index contributed by atoms with van der Waals surface area (Å²) >= 11 is 1.47. The van der Waals surface area contributed by atoms with Gasteiger partial charge in [-0.15, -0.1) is 11.8 Å². The summed E-state index contributed by atoms with van der Waals surface area (Å²) in [6.45, 7) is 0. The second-order valence-electron chi connectivity index (χ2n) is 3.04. The van der Waals surface area contributed by atoms with Crippen molar-refractivity contribution in [3.05, 3.63) is 18.2 Å². The minimum atomic E-state index is -0.621. The first-order chi connectivity index (χ1) is 7.15. The van der Waals surface area contributed by atoms with Crippen molar-refractivity contribution in [3.8, 4) is 0 Å². The van der Waals surface area contributed by atoms with Crippen molar-refractivity contribution in [3.63, 3.8) is 0 Å². The molecule has 4 N–H and O–H groups in total. The van der Waals surface area contributed by atoms with Gasteiger partial charge in [-0.2, -0.15) is 0 Å². The lowest BCUT2D eigenvalue weighted by molar-refractivity contribution is -0.113. The van der Waals surface area contributed by atoms with E-state index in [1.807, 2.05) is 6.07 Å². The van der Waals surface area contributed by atoms with E-state index in [0.717, 1.165) is 4.90 Å². The lowest BCUT2D eigenvalue weighted by atomic mass is 10.2. The number of primary amides is 1. The molecular formula is C9H9N3O2S. The zero-order valence-electron chi connectivity index (χ0n) is 7.74. The number of benzene rings is 1. The minimum Gasteiger partial charge on any atom is -0.351 e. The van der Waals surface area contributed by atoms with Crippen molar-refractivity contribution in [2.24, 2.45) is 5.73 Å². The molecule has 0 aliphatic carbocycles. The molecule has 0 aromatic heterocycles. The quantitative estimate of drug-likeness (QED) is 0.669. The van der Waals surface area contributed by atoms with E-state index in [1.165, 1.54) is 11.8 Å². The molecule has 78 valence electrons. The third kappa shape index (κ3) is 2.21. The van der Waals surface area contributed by atoms with Gasteiger partial charge in [0.25, 0.3) is 0 Å². The predicted octanol–water partition coefficient (Wildman–Crippen LogP) is 1.22. The smallest absolute Gasteiger partial charge is 0.316 e. The van der Waals surface area contributed by atoms with E-state index in [0.29, 0.717) is 17.1 Å². The Morgan fingerprint density at radius 3 is 3.07 bits per heavy atom. The fourth-order valence-electron chi connectivity index (χ4n) is 1.30. The Labute approximate surface area is 90.4 Å². The van der Waals surface area contributed by atoms with Crippen LogP contribution in [0.1, 0.15) is 0 Å². The van der Waals surface area contributed by atoms with Gasteiger partial charge in [-0.1, -0.05) is 0 Å². The van der Waals surface area contributed by atoms with Crippen molar-refractivity contribution in [1.29, 1.82) is 0 Å². The van der Waals surface area contributed by atoms with Gasteiger partial charge in [0.1, 0.15) is 0 Å². The van der Waals surface area contributed by atoms with Crippen molar-refractivity contribution in [1.82, 2.24) is 0 Å². The van der Waals surface area contributed by atoms with E-state index >= 15 is 0 Å². The lowest BCUT2D eigenvalue weighted by Gasteiger charge is -2.16. The summed E-state index contributed by atoms with van der Waals surface area (Å²) in [4.78, 5) is 22.7. The Hall–Kier alpha value is -1.69. The molecule has 1 aromatic carbocycles. The molecule has 0 bridgehead atoms. The molecule has 0 unspecified atom stereocenters. The lowest BCUT2D eigenvalue weighted by Crippen LogP contribution is -2.21. The third-order valence-electron chi connectivity index (χ3n) is 1.88. The largest absolute Gasteiger partial charge is 0.351 e. The first-order valence-electron chi connectivity index (χ1n) is 4.28. The molecule has 1 aliphatic rings. The van der Waals surface area contributed by atoms with E-state index in [9.17, 15) is 9.59 Å². The maximum absolute atomic E-state index is 11.1. The van der Waals surface area contributed by atoms with E-state index in [4.69, 9.17) is 5.73 Å². The van der Waals surface area contributed by atoms with Crippen molar-refractivity contribution in [2.45, 2.75) is 4.90 Å². The summed E-state index contributed by atoms with van der Waals surface area (Å²) in [5.41, 5.74) is 6.27. The van der Waals surface area contributed by atoms with Gasteiger partial charge in [-0.05, 0) is 18.2 Å². The van der Waals surface area contributed by atoms with Crippen LogP contribution in [-0.2, 0) is 4.79 Å². The number of urea groups is 1. The molecule has 3 amide bonds. The van der Waals surface area contributed by atoms with Gasteiger partial charge in [0.05, 0.1) is 11.4 Å². The highest BCUT2D eigenvalue weighted by Crippen LogP contribution is 2.33. The highest BCUT2D eigenvalue weighted by molar-refractivity contribution is 8.00.